The molecule has 2 heterocycles. The molecule has 2 aromatic carbocycles. The van der Waals surface area contributed by atoms with Crippen LogP contribution in [0.15, 0.2) is 60.8 Å². The Morgan fingerprint density at radius 2 is 1.72 bits per heavy atom. The summed E-state index contributed by atoms with van der Waals surface area (Å²) in [6, 6.07) is 15.5. The van der Waals surface area contributed by atoms with E-state index in [0.717, 1.165) is 28.7 Å². The van der Waals surface area contributed by atoms with Gasteiger partial charge in [0.25, 0.3) is 0 Å². The number of carbonyl (C=O) groups excluding carboxylic acids is 2. The van der Waals surface area contributed by atoms with Crippen LogP contribution >= 0.6 is 0 Å². The Balaban J connectivity index is 1.26. The molecule has 0 spiro atoms. The first-order valence-electron chi connectivity index (χ1n) is 10.9. The average Bonchev–Trinajstić information content (AvgIpc) is 2.83. The third kappa shape index (κ3) is 5.36. The summed E-state index contributed by atoms with van der Waals surface area (Å²) in [6.07, 6.45) is 5.78. The van der Waals surface area contributed by atoms with Gasteiger partial charge in [-0.05, 0) is 36.3 Å². The van der Waals surface area contributed by atoms with Crippen LogP contribution in [0.2, 0.25) is 0 Å². The van der Waals surface area contributed by atoms with Gasteiger partial charge in [-0.15, -0.1) is 0 Å². The lowest BCUT2D eigenvalue weighted by Gasteiger charge is -2.33. The first-order valence-corrected chi connectivity index (χ1v) is 10.9. The van der Waals surface area contributed by atoms with Gasteiger partial charge >= 0.3 is 0 Å². The maximum atomic E-state index is 12.6. The van der Waals surface area contributed by atoms with E-state index in [-0.39, 0.29) is 11.8 Å². The van der Waals surface area contributed by atoms with Crippen LogP contribution < -0.4 is 5.32 Å². The lowest BCUT2D eigenvalue weighted by Crippen LogP contribution is -2.50. The van der Waals surface area contributed by atoms with Crippen LogP contribution in [0.4, 0.5) is 5.69 Å². The second kappa shape index (κ2) is 10.2. The molecule has 2 amide bonds. The Bertz CT molecular complexity index is 1140. The highest BCUT2D eigenvalue weighted by Gasteiger charge is 2.21. The van der Waals surface area contributed by atoms with Crippen molar-refractivity contribution in [2.24, 2.45) is 0 Å². The highest BCUT2D eigenvalue weighted by molar-refractivity contribution is 5.93. The quantitative estimate of drug-likeness (QED) is 0.610. The van der Waals surface area contributed by atoms with Crippen molar-refractivity contribution in [3.63, 3.8) is 0 Å². The zero-order chi connectivity index (χ0) is 22.3. The van der Waals surface area contributed by atoms with E-state index in [2.05, 4.69) is 27.1 Å². The van der Waals surface area contributed by atoms with Crippen LogP contribution in [0.5, 0.6) is 0 Å². The number of para-hydroxylation sites is 3. The van der Waals surface area contributed by atoms with E-state index in [4.69, 9.17) is 0 Å². The van der Waals surface area contributed by atoms with Crippen molar-refractivity contribution in [3.05, 3.63) is 72.1 Å². The highest BCUT2D eigenvalue weighted by Crippen LogP contribution is 2.15. The van der Waals surface area contributed by atoms with Crippen LogP contribution in [0.3, 0.4) is 0 Å². The van der Waals surface area contributed by atoms with Crippen molar-refractivity contribution in [1.82, 2.24) is 19.8 Å². The van der Waals surface area contributed by atoms with E-state index < -0.39 is 0 Å². The van der Waals surface area contributed by atoms with E-state index >= 15 is 0 Å². The topological polar surface area (TPSA) is 78.4 Å². The fraction of sp³-hybridized carbons (Fsp3) is 0.280. The molecule has 0 bridgehead atoms. The molecular formula is C25H27N5O2. The zero-order valence-corrected chi connectivity index (χ0v) is 18.2. The summed E-state index contributed by atoms with van der Waals surface area (Å²) >= 11 is 0. The molecule has 1 saturated heterocycles. The van der Waals surface area contributed by atoms with Crippen molar-refractivity contribution < 1.29 is 9.59 Å². The number of fused-ring (bicyclic) bond motifs is 1. The van der Waals surface area contributed by atoms with Gasteiger partial charge in [0.05, 0.1) is 29.5 Å². The van der Waals surface area contributed by atoms with Crippen LogP contribution in [-0.2, 0) is 16.0 Å². The zero-order valence-electron chi connectivity index (χ0n) is 18.2. The van der Waals surface area contributed by atoms with Crippen LogP contribution in [0, 0.1) is 0 Å². The number of carbonyl (C=O) groups is 2. The summed E-state index contributed by atoms with van der Waals surface area (Å²) < 4.78 is 0. The number of rotatable bonds is 6. The molecule has 1 aromatic heterocycles. The smallest absolute Gasteiger partial charge is 0.246 e. The van der Waals surface area contributed by atoms with E-state index in [1.54, 1.807) is 23.2 Å². The number of hydrogen-bond donors (Lipinski definition) is 1. The number of anilines is 1. The summed E-state index contributed by atoms with van der Waals surface area (Å²) in [5.41, 5.74) is 4.28. The second-order valence-electron chi connectivity index (χ2n) is 7.78. The Morgan fingerprint density at radius 1 is 1.00 bits per heavy atom. The minimum absolute atomic E-state index is 0.0274. The molecule has 1 N–H and O–H groups in total. The van der Waals surface area contributed by atoms with Gasteiger partial charge in [-0.25, -0.2) is 4.98 Å². The van der Waals surface area contributed by atoms with Gasteiger partial charge in [0.2, 0.25) is 11.8 Å². The average molecular weight is 430 g/mol. The van der Waals surface area contributed by atoms with Gasteiger partial charge < -0.3 is 10.2 Å². The fourth-order valence-electron chi connectivity index (χ4n) is 3.78. The number of nitrogens with zero attached hydrogens (tertiary/aromatic N) is 4. The van der Waals surface area contributed by atoms with E-state index in [1.165, 1.54) is 0 Å². The van der Waals surface area contributed by atoms with E-state index in [0.29, 0.717) is 38.4 Å². The van der Waals surface area contributed by atoms with Crippen molar-refractivity contribution in [1.29, 1.82) is 0 Å². The molecule has 3 aromatic rings. The third-order valence-electron chi connectivity index (χ3n) is 5.59. The molecule has 0 aliphatic carbocycles. The molecule has 0 radical (unpaired) electrons. The first-order chi connectivity index (χ1) is 15.6. The summed E-state index contributed by atoms with van der Waals surface area (Å²) in [5, 5.41) is 3.01. The summed E-state index contributed by atoms with van der Waals surface area (Å²) in [4.78, 5) is 37.8. The number of amides is 2. The largest absolute Gasteiger partial charge is 0.337 e. The Morgan fingerprint density at radius 3 is 2.50 bits per heavy atom. The summed E-state index contributed by atoms with van der Waals surface area (Å²) in [7, 11) is 0. The first kappa shape index (κ1) is 21.6. The fourth-order valence-corrected chi connectivity index (χ4v) is 3.78. The molecule has 0 saturated carbocycles. The maximum absolute atomic E-state index is 12.6. The number of aryl methyl sites for hydroxylation is 1. The minimum Gasteiger partial charge on any atom is -0.337 e. The molecule has 0 atom stereocenters. The van der Waals surface area contributed by atoms with E-state index in [1.807, 2.05) is 48.5 Å². The highest BCUT2D eigenvalue weighted by atomic mass is 16.2. The molecule has 4 rings (SSSR count). The molecule has 7 heteroatoms. The predicted molar refractivity (Wildman–Crippen MR) is 126 cm³/mol. The van der Waals surface area contributed by atoms with Gasteiger partial charge in [-0.3, -0.25) is 19.5 Å². The van der Waals surface area contributed by atoms with Gasteiger partial charge in [-0.2, -0.15) is 0 Å². The SMILES string of the molecule is CCc1ccccc1NC(=O)CN1CCN(C(=O)/C=C/c2cnc3ccccc3n2)CC1. The normalized spacial score (nSPS) is 14.7. The molecule has 164 valence electrons. The molecule has 1 aliphatic heterocycles. The maximum Gasteiger partial charge on any atom is 0.246 e. The van der Waals surface area contributed by atoms with E-state index in [9.17, 15) is 9.59 Å². The Labute approximate surface area is 187 Å². The van der Waals surface area contributed by atoms with Crippen molar-refractivity contribution in [2.75, 3.05) is 38.0 Å². The van der Waals surface area contributed by atoms with Crippen LogP contribution in [0.1, 0.15) is 18.2 Å². The Hall–Kier alpha value is -3.58. The van der Waals surface area contributed by atoms with Crippen LogP contribution in [-0.4, -0.2) is 64.3 Å². The van der Waals surface area contributed by atoms with Gasteiger partial charge in [0, 0.05) is 37.9 Å². The summed E-state index contributed by atoms with van der Waals surface area (Å²) in [5.74, 6) is -0.0821. The number of piperazine rings is 1. The number of nitrogens with one attached hydrogen (secondary N) is 1. The summed E-state index contributed by atoms with van der Waals surface area (Å²) in [6.45, 7) is 4.90. The Kier molecular flexibility index (Phi) is 6.87. The van der Waals surface area contributed by atoms with Gasteiger partial charge in [0.1, 0.15) is 0 Å². The lowest BCUT2D eigenvalue weighted by atomic mass is 10.1. The van der Waals surface area contributed by atoms with Gasteiger partial charge in [-0.1, -0.05) is 37.3 Å². The second-order valence-corrected chi connectivity index (χ2v) is 7.78. The molecule has 7 nitrogen and oxygen atoms in total. The number of benzene rings is 2. The van der Waals surface area contributed by atoms with Crippen LogP contribution in [0.25, 0.3) is 17.1 Å². The monoisotopic (exact) mass is 429 g/mol. The lowest BCUT2D eigenvalue weighted by molar-refractivity contribution is -0.127. The molecule has 32 heavy (non-hydrogen) atoms. The molecule has 1 fully saturated rings. The van der Waals surface area contributed by atoms with Crippen molar-refractivity contribution in [3.8, 4) is 0 Å². The van der Waals surface area contributed by atoms with Gasteiger partial charge in [0.15, 0.2) is 0 Å². The third-order valence-corrected chi connectivity index (χ3v) is 5.59. The molecular weight excluding hydrogens is 402 g/mol. The minimum atomic E-state index is -0.0547. The molecule has 0 unspecified atom stereocenters. The predicted octanol–water partition coefficient (Wildman–Crippen LogP) is 2.99. The standard InChI is InChI=1S/C25H27N5O2/c1-2-19-7-3-4-8-21(19)28-24(31)18-29-13-15-30(16-14-29)25(32)12-11-20-17-26-22-9-5-6-10-23(22)27-20/h3-12,17H,2,13-16,18H2,1H3,(H,28,31)/b12-11+. The van der Waals surface area contributed by atoms with Crippen molar-refractivity contribution in [2.45, 2.75) is 13.3 Å². The number of aromatic nitrogens is 2. The van der Waals surface area contributed by atoms with Crippen molar-refractivity contribution >= 4 is 34.6 Å². The molecule has 1 aliphatic rings. The number of hydrogen-bond acceptors (Lipinski definition) is 5.